The molecule has 7 aromatic carbocycles. The lowest BCUT2D eigenvalue weighted by molar-refractivity contribution is 0.657. The molecule has 1 aliphatic heterocycles. The third-order valence-electron chi connectivity index (χ3n) is 9.97. The summed E-state index contributed by atoms with van der Waals surface area (Å²) in [4.78, 5) is 10.4. The highest BCUT2D eigenvalue weighted by atomic mass is 16.3. The second-order valence-corrected chi connectivity index (χ2v) is 13.0. The van der Waals surface area contributed by atoms with Gasteiger partial charge in [-0.25, -0.2) is 9.98 Å². The topological polar surface area (TPSA) is 54.8 Å². The van der Waals surface area contributed by atoms with Gasteiger partial charge >= 0.3 is 0 Å². The largest absolute Gasteiger partial charge is 0.454 e. The minimum Gasteiger partial charge on any atom is -0.454 e. The van der Waals surface area contributed by atoms with Gasteiger partial charge in [0.2, 0.25) is 0 Å². The van der Waals surface area contributed by atoms with Crippen LogP contribution < -0.4 is 5.32 Å². The summed E-state index contributed by atoms with van der Waals surface area (Å²) in [5, 5.41) is 8.35. The quantitative estimate of drug-likeness (QED) is 0.194. The van der Waals surface area contributed by atoms with Crippen molar-refractivity contribution in [3.05, 3.63) is 192 Å². The van der Waals surface area contributed by atoms with Crippen LogP contribution in [-0.2, 0) is 6.54 Å². The van der Waals surface area contributed by atoms with Gasteiger partial charge < -0.3 is 14.3 Å². The van der Waals surface area contributed by atoms with Crippen LogP contribution in [0.3, 0.4) is 0 Å². The van der Waals surface area contributed by atoms with E-state index in [0.29, 0.717) is 12.4 Å². The van der Waals surface area contributed by atoms with Crippen molar-refractivity contribution in [2.45, 2.75) is 12.7 Å². The molecule has 0 spiro atoms. The summed E-state index contributed by atoms with van der Waals surface area (Å²) in [6, 6.07) is 59.3. The standard InChI is InChI=1S/C46H32N4O/c1-3-14-30(15-4-1)32-19-13-20-33(28-32)45-47-44(31-16-5-2-6-17-31)48-46(49-45)35-21-8-7-18-34(35)29-50-40-24-11-9-22-36(40)38-26-27-39-37-23-10-12-25-41(37)51-43(39)42(38)50/h1-28,46H,29H2,(H,47,48,49). The maximum Gasteiger partial charge on any atom is 0.159 e. The summed E-state index contributed by atoms with van der Waals surface area (Å²) in [5.74, 6) is 1.50. The molecule has 3 heterocycles. The Balaban J connectivity index is 1.13. The molecule has 0 amide bonds. The molecule has 1 atom stereocenters. The molecule has 5 nitrogen and oxygen atoms in total. The SMILES string of the molecule is c1ccc(C2=NC(c3cccc(-c4ccccc4)c3)=NC(c3ccccc3Cn3c4ccccc4c4ccc5c6ccccc6oc5c43)N2)cc1. The van der Waals surface area contributed by atoms with Crippen LogP contribution in [0.25, 0.3) is 54.9 Å². The molecule has 5 heteroatoms. The highest BCUT2D eigenvalue weighted by Gasteiger charge is 2.25. The number of aromatic nitrogens is 1. The van der Waals surface area contributed by atoms with Gasteiger partial charge in [-0.2, -0.15) is 0 Å². The van der Waals surface area contributed by atoms with Crippen molar-refractivity contribution in [2.24, 2.45) is 9.98 Å². The monoisotopic (exact) mass is 656 g/mol. The summed E-state index contributed by atoms with van der Waals surface area (Å²) >= 11 is 0. The first-order chi connectivity index (χ1) is 25.3. The normalized spacial score (nSPS) is 14.5. The maximum absolute atomic E-state index is 6.62. The molecule has 0 fully saturated rings. The molecule has 2 aromatic heterocycles. The zero-order valence-corrected chi connectivity index (χ0v) is 27.7. The zero-order valence-electron chi connectivity index (χ0n) is 27.7. The number of nitrogens with one attached hydrogen (secondary N) is 1. The van der Waals surface area contributed by atoms with E-state index in [0.717, 1.165) is 61.1 Å². The fourth-order valence-corrected chi connectivity index (χ4v) is 7.55. The molecule has 0 saturated heterocycles. The number of para-hydroxylation sites is 2. The van der Waals surface area contributed by atoms with E-state index in [2.05, 4.69) is 149 Å². The molecule has 0 saturated carbocycles. The van der Waals surface area contributed by atoms with Crippen LogP contribution in [-0.4, -0.2) is 16.2 Å². The Morgan fingerprint density at radius 2 is 1.22 bits per heavy atom. The molecular weight excluding hydrogens is 625 g/mol. The smallest absolute Gasteiger partial charge is 0.159 e. The molecule has 0 aliphatic carbocycles. The first-order valence-corrected chi connectivity index (χ1v) is 17.3. The molecule has 242 valence electrons. The van der Waals surface area contributed by atoms with Crippen molar-refractivity contribution in [1.82, 2.24) is 9.88 Å². The summed E-state index contributed by atoms with van der Waals surface area (Å²) in [5.41, 5.74) is 10.6. The Morgan fingerprint density at radius 3 is 2.08 bits per heavy atom. The lowest BCUT2D eigenvalue weighted by atomic mass is 10.0. The Bertz CT molecular complexity index is 2810. The number of benzene rings is 7. The van der Waals surface area contributed by atoms with Gasteiger partial charge in [-0.3, -0.25) is 0 Å². The van der Waals surface area contributed by atoms with Crippen LogP contribution in [0.5, 0.6) is 0 Å². The molecular formula is C46H32N4O. The second kappa shape index (κ2) is 12.0. The van der Waals surface area contributed by atoms with Crippen molar-refractivity contribution in [3.8, 4) is 11.1 Å². The van der Waals surface area contributed by atoms with Gasteiger partial charge in [0.15, 0.2) is 11.4 Å². The molecule has 1 unspecified atom stereocenters. The fraction of sp³-hybridized carbons (Fsp3) is 0.0435. The lowest BCUT2D eigenvalue weighted by Crippen LogP contribution is -2.34. The highest BCUT2D eigenvalue weighted by molar-refractivity contribution is 6.21. The first kappa shape index (κ1) is 29.2. The van der Waals surface area contributed by atoms with Gasteiger partial charge in [-0.1, -0.05) is 146 Å². The summed E-state index contributed by atoms with van der Waals surface area (Å²) in [7, 11) is 0. The second-order valence-electron chi connectivity index (χ2n) is 13.0. The number of amidine groups is 2. The van der Waals surface area contributed by atoms with E-state index in [1.54, 1.807) is 0 Å². The predicted octanol–water partition coefficient (Wildman–Crippen LogP) is 10.9. The Kier molecular flexibility index (Phi) is 6.88. The number of hydrogen-bond donors (Lipinski definition) is 1. The summed E-state index contributed by atoms with van der Waals surface area (Å²) in [6.45, 7) is 0.640. The fourth-order valence-electron chi connectivity index (χ4n) is 7.55. The summed E-state index contributed by atoms with van der Waals surface area (Å²) in [6.07, 6.45) is -0.358. The van der Waals surface area contributed by atoms with E-state index in [1.165, 1.54) is 21.9 Å². The van der Waals surface area contributed by atoms with E-state index in [4.69, 9.17) is 14.4 Å². The van der Waals surface area contributed by atoms with Gasteiger partial charge in [-0.05, 0) is 41.0 Å². The third kappa shape index (κ3) is 5.01. The van der Waals surface area contributed by atoms with E-state index in [-0.39, 0.29) is 6.17 Å². The number of aliphatic imine (C=N–C) groups is 2. The minimum atomic E-state index is -0.358. The molecule has 0 bridgehead atoms. The number of fused-ring (bicyclic) bond motifs is 7. The van der Waals surface area contributed by atoms with E-state index < -0.39 is 0 Å². The van der Waals surface area contributed by atoms with Gasteiger partial charge in [-0.15, -0.1) is 0 Å². The Morgan fingerprint density at radius 1 is 0.549 bits per heavy atom. The minimum absolute atomic E-state index is 0.358. The van der Waals surface area contributed by atoms with Gasteiger partial charge in [0.1, 0.15) is 17.6 Å². The number of furan rings is 1. The number of rotatable bonds is 6. The van der Waals surface area contributed by atoms with E-state index in [1.807, 2.05) is 30.3 Å². The molecule has 9 aromatic rings. The van der Waals surface area contributed by atoms with Crippen LogP contribution in [0.4, 0.5) is 0 Å². The lowest BCUT2D eigenvalue weighted by Gasteiger charge is -2.25. The maximum atomic E-state index is 6.62. The van der Waals surface area contributed by atoms with Crippen molar-refractivity contribution in [3.63, 3.8) is 0 Å². The van der Waals surface area contributed by atoms with Gasteiger partial charge in [0.05, 0.1) is 5.52 Å². The molecule has 1 N–H and O–H groups in total. The third-order valence-corrected chi connectivity index (χ3v) is 9.97. The zero-order chi connectivity index (χ0) is 33.7. The molecule has 10 rings (SSSR count). The van der Waals surface area contributed by atoms with E-state index >= 15 is 0 Å². The van der Waals surface area contributed by atoms with Crippen LogP contribution in [0.2, 0.25) is 0 Å². The van der Waals surface area contributed by atoms with Crippen LogP contribution in [0, 0.1) is 0 Å². The van der Waals surface area contributed by atoms with Crippen LogP contribution in [0.1, 0.15) is 28.4 Å². The highest BCUT2D eigenvalue weighted by Crippen LogP contribution is 2.39. The molecule has 1 aliphatic rings. The molecule has 51 heavy (non-hydrogen) atoms. The van der Waals surface area contributed by atoms with Crippen molar-refractivity contribution in [1.29, 1.82) is 0 Å². The number of hydrogen-bond acceptors (Lipinski definition) is 4. The Labute approximate surface area is 294 Å². The average molecular weight is 657 g/mol. The van der Waals surface area contributed by atoms with Crippen LogP contribution >= 0.6 is 0 Å². The summed E-state index contributed by atoms with van der Waals surface area (Å²) < 4.78 is 9.03. The molecule has 0 radical (unpaired) electrons. The Hall–Kier alpha value is -6.72. The number of nitrogens with zero attached hydrogens (tertiary/aromatic N) is 3. The van der Waals surface area contributed by atoms with Crippen molar-refractivity contribution < 1.29 is 4.42 Å². The average Bonchev–Trinajstić information content (AvgIpc) is 3.74. The van der Waals surface area contributed by atoms with E-state index in [9.17, 15) is 0 Å². The van der Waals surface area contributed by atoms with Crippen LogP contribution in [0.15, 0.2) is 184 Å². The first-order valence-electron chi connectivity index (χ1n) is 17.3. The van der Waals surface area contributed by atoms with Gasteiger partial charge in [0.25, 0.3) is 0 Å². The predicted molar refractivity (Wildman–Crippen MR) is 210 cm³/mol. The van der Waals surface area contributed by atoms with Crippen molar-refractivity contribution >= 4 is 55.4 Å². The van der Waals surface area contributed by atoms with Crippen molar-refractivity contribution in [2.75, 3.05) is 0 Å². The van der Waals surface area contributed by atoms with Gasteiger partial charge in [0, 0.05) is 50.3 Å².